The molecular weight excluding hydrogens is 360 g/mol. The highest BCUT2D eigenvalue weighted by Gasteiger charge is 2.40. The van der Waals surface area contributed by atoms with Crippen LogP contribution in [0.3, 0.4) is 0 Å². The van der Waals surface area contributed by atoms with Crippen LogP contribution in [0.1, 0.15) is 62.4 Å². The molecule has 0 saturated carbocycles. The van der Waals surface area contributed by atoms with Gasteiger partial charge in [-0.25, -0.2) is 4.79 Å². The fourth-order valence-electron chi connectivity index (χ4n) is 3.04. The maximum absolute atomic E-state index is 12.7. The topological polar surface area (TPSA) is 71.1 Å². The fourth-order valence-corrected chi connectivity index (χ4v) is 3.04. The smallest absolute Gasteiger partial charge is 0.341 e. The molecule has 6 heteroatoms. The van der Waals surface area contributed by atoms with E-state index in [-0.39, 0.29) is 6.42 Å². The molecule has 152 valence electrons. The van der Waals surface area contributed by atoms with E-state index in [0.29, 0.717) is 11.1 Å². The van der Waals surface area contributed by atoms with Crippen LogP contribution in [0.25, 0.3) is 0 Å². The van der Waals surface area contributed by atoms with Gasteiger partial charge in [-0.2, -0.15) is 0 Å². The molecule has 0 bridgehead atoms. The van der Waals surface area contributed by atoms with E-state index in [2.05, 4.69) is 18.8 Å². The van der Waals surface area contributed by atoms with Crippen molar-refractivity contribution < 1.29 is 28.5 Å². The summed E-state index contributed by atoms with van der Waals surface area (Å²) in [7, 11) is 1.53. The normalized spacial score (nSPS) is 24.0. The molecule has 0 aromatic heterocycles. The van der Waals surface area contributed by atoms with E-state index in [1.807, 2.05) is 6.07 Å². The van der Waals surface area contributed by atoms with Crippen molar-refractivity contribution in [3.63, 3.8) is 0 Å². The second kappa shape index (κ2) is 10.8. The van der Waals surface area contributed by atoms with Crippen molar-refractivity contribution >= 4 is 11.9 Å². The third-order valence-corrected chi connectivity index (χ3v) is 4.49. The first-order valence-corrected chi connectivity index (χ1v) is 9.60. The second-order valence-electron chi connectivity index (χ2n) is 6.71. The Hall–Kier alpha value is -2.36. The van der Waals surface area contributed by atoms with Crippen LogP contribution in [-0.2, 0) is 23.7 Å². The van der Waals surface area contributed by atoms with Crippen LogP contribution in [0, 0.1) is 11.8 Å². The van der Waals surface area contributed by atoms with Gasteiger partial charge >= 0.3 is 11.9 Å². The molecule has 2 rings (SSSR count). The van der Waals surface area contributed by atoms with Crippen LogP contribution in [0.2, 0.25) is 0 Å². The highest BCUT2D eigenvalue weighted by atomic mass is 16.7. The molecular formula is C22H28O6. The molecule has 1 heterocycles. The third kappa shape index (κ3) is 6.08. The second-order valence-corrected chi connectivity index (χ2v) is 6.71. The Kier molecular flexibility index (Phi) is 8.49. The van der Waals surface area contributed by atoms with Crippen molar-refractivity contribution in [3.8, 4) is 11.8 Å². The molecule has 1 aromatic rings. The van der Waals surface area contributed by atoms with Gasteiger partial charge in [-0.3, -0.25) is 4.79 Å². The molecule has 0 spiro atoms. The number of unbranched alkanes of at least 4 members (excludes halogenated alkanes) is 2. The van der Waals surface area contributed by atoms with Gasteiger partial charge in [0.05, 0.1) is 11.7 Å². The van der Waals surface area contributed by atoms with E-state index in [4.69, 9.17) is 18.9 Å². The van der Waals surface area contributed by atoms with Crippen molar-refractivity contribution in [1.29, 1.82) is 0 Å². The van der Waals surface area contributed by atoms with Gasteiger partial charge < -0.3 is 18.9 Å². The Morgan fingerprint density at radius 1 is 1.25 bits per heavy atom. The Bertz CT molecular complexity index is 732. The molecule has 6 nitrogen and oxygen atoms in total. The fraction of sp³-hybridized carbons (Fsp3) is 0.545. The first-order chi connectivity index (χ1) is 13.5. The van der Waals surface area contributed by atoms with Crippen LogP contribution in [0.5, 0.6) is 0 Å². The lowest BCUT2D eigenvalue weighted by atomic mass is 10.0. The molecule has 1 saturated heterocycles. The van der Waals surface area contributed by atoms with Gasteiger partial charge in [-0.1, -0.05) is 37.3 Å². The lowest BCUT2D eigenvalue weighted by molar-refractivity contribution is -0.239. The number of ether oxygens (including phenoxy) is 4. The summed E-state index contributed by atoms with van der Waals surface area (Å²) in [6.45, 7) is 5.20. The monoisotopic (exact) mass is 388 g/mol. The minimum atomic E-state index is -0.791. The van der Waals surface area contributed by atoms with Crippen molar-refractivity contribution in [3.05, 3.63) is 35.4 Å². The zero-order valence-corrected chi connectivity index (χ0v) is 16.9. The lowest BCUT2D eigenvalue weighted by Crippen LogP contribution is -2.50. The summed E-state index contributed by atoms with van der Waals surface area (Å²) in [6.07, 6.45) is 0.929. The number of hydrogen-bond donors (Lipinski definition) is 0. The molecule has 1 aliphatic rings. The van der Waals surface area contributed by atoms with E-state index in [1.54, 1.807) is 25.1 Å². The Morgan fingerprint density at radius 2 is 2.00 bits per heavy atom. The molecule has 0 aliphatic carbocycles. The number of esters is 2. The van der Waals surface area contributed by atoms with Crippen molar-refractivity contribution in [2.45, 2.75) is 71.1 Å². The highest BCUT2D eigenvalue weighted by Crippen LogP contribution is 2.26. The van der Waals surface area contributed by atoms with Crippen molar-refractivity contribution in [1.82, 2.24) is 0 Å². The largest absolute Gasteiger partial charge is 0.457 e. The predicted octanol–water partition coefficient (Wildman–Crippen LogP) is 3.47. The van der Waals surface area contributed by atoms with Crippen LogP contribution in [-0.4, -0.2) is 43.7 Å². The minimum absolute atomic E-state index is 0.273. The van der Waals surface area contributed by atoms with Crippen molar-refractivity contribution in [2.75, 3.05) is 7.11 Å². The molecule has 0 unspecified atom stereocenters. The Balaban J connectivity index is 2.07. The van der Waals surface area contributed by atoms with Gasteiger partial charge in [0.1, 0.15) is 6.10 Å². The van der Waals surface area contributed by atoms with Crippen LogP contribution in [0.4, 0.5) is 0 Å². The summed E-state index contributed by atoms with van der Waals surface area (Å²) in [6, 6.07) is 7.10. The number of rotatable bonds is 6. The standard InChI is InChI=1S/C22H28O6/c1-5-6-7-8-11-17-12-9-10-13-18(17)22(24)28-20-14-19(25-4)21(15(2)26-20)27-16(3)23/h9-10,12-13,15,19-21H,5-7,14H2,1-4H3/t15-,19+,20+,21-/m1/s1. The summed E-state index contributed by atoms with van der Waals surface area (Å²) in [5.41, 5.74) is 1.03. The summed E-state index contributed by atoms with van der Waals surface area (Å²) < 4.78 is 22.0. The van der Waals surface area contributed by atoms with Gasteiger partial charge in [-0.15, -0.1) is 0 Å². The number of carbonyl (C=O) groups is 2. The number of methoxy groups -OCH3 is 1. The van der Waals surface area contributed by atoms with Crippen LogP contribution in [0.15, 0.2) is 24.3 Å². The summed E-state index contributed by atoms with van der Waals surface area (Å²) in [5, 5.41) is 0. The molecule has 1 aromatic carbocycles. The summed E-state index contributed by atoms with van der Waals surface area (Å²) in [4.78, 5) is 24.0. The maximum atomic E-state index is 12.7. The number of carbonyl (C=O) groups excluding carboxylic acids is 2. The average Bonchev–Trinajstić information content (AvgIpc) is 2.67. The van der Waals surface area contributed by atoms with E-state index < -0.39 is 36.5 Å². The zero-order valence-electron chi connectivity index (χ0n) is 16.9. The quantitative estimate of drug-likeness (QED) is 0.422. The van der Waals surface area contributed by atoms with E-state index in [1.165, 1.54) is 14.0 Å². The average molecular weight is 388 g/mol. The van der Waals surface area contributed by atoms with Crippen molar-refractivity contribution in [2.24, 2.45) is 0 Å². The summed E-state index contributed by atoms with van der Waals surface area (Å²) in [5.74, 6) is 5.23. The predicted molar refractivity (Wildman–Crippen MR) is 104 cm³/mol. The lowest BCUT2D eigenvalue weighted by Gasteiger charge is -2.38. The SMILES string of the molecule is CCCCC#Cc1ccccc1C(=O)O[C@H]1C[C@H](OC)[C@H](OC(C)=O)[C@@H](C)O1. The Labute approximate surface area is 166 Å². The van der Waals surface area contributed by atoms with Gasteiger partial charge in [0, 0.05) is 32.4 Å². The molecule has 0 radical (unpaired) electrons. The minimum Gasteiger partial charge on any atom is -0.457 e. The molecule has 1 fully saturated rings. The first-order valence-electron chi connectivity index (χ1n) is 9.60. The number of hydrogen-bond acceptors (Lipinski definition) is 6. The van der Waals surface area contributed by atoms with Crippen LogP contribution >= 0.6 is 0 Å². The van der Waals surface area contributed by atoms with E-state index in [0.717, 1.165) is 19.3 Å². The Morgan fingerprint density at radius 3 is 2.68 bits per heavy atom. The van der Waals surface area contributed by atoms with Gasteiger partial charge in [0.2, 0.25) is 6.29 Å². The van der Waals surface area contributed by atoms with Gasteiger partial charge in [-0.05, 0) is 25.5 Å². The van der Waals surface area contributed by atoms with E-state index in [9.17, 15) is 9.59 Å². The van der Waals surface area contributed by atoms with Crippen LogP contribution < -0.4 is 0 Å². The summed E-state index contributed by atoms with van der Waals surface area (Å²) >= 11 is 0. The highest BCUT2D eigenvalue weighted by molar-refractivity contribution is 5.92. The van der Waals surface area contributed by atoms with Gasteiger partial charge in [0.15, 0.2) is 6.10 Å². The molecule has 1 aliphatic heterocycles. The third-order valence-electron chi connectivity index (χ3n) is 4.49. The van der Waals surface area contributed by atoms with E-state index >= 15 is 0 Å². The number of benzene rings is 1. The zero-order chi connectivity index (χ0) is 20.5. The molecule has 0 N–H and O–H groups in total. The molecule has 4 atom stereocenters. The van der Waals surface area contributed by atoms with Gasteiger partial charge in [0.25, 0.3) is 0 Å². The molecule has 0 amide bonds. The maximum Gasteiger partial charge on any atom is 0.341 e. The first kappa shape index (κ1) is 21.9. The molecule has 28 heavy (non-hydrogen) atoms.